The van der Waals surface area contributed by atoms with Crippen molar-refractivity contribution in [3.8, 4) is 5.75 Å². The molecule has 0 aliphatic rings. The number of ether oxygens (including phenoxy) is 1. The average molecular weight is 636 g/mol. The van der Waals surface area contributed by atoms with Gasteiger partial charge in [-0.15, -0.1) is 0 Å². The van der Waals surface area contributed by atoms with Crippen LogP contribution in [0.25, 0.3) is 0 Å². The molecule has 0 aliphatic carbocycles. The van der Waals surface area contributed by atoms with E-state index >= 15 is 0 Å². The fourth-order valence-electron chi connectivity index (χ4n) is 4.54. The first-order chi connectivity index (χ1) is 18.6. The van der Waals surface area contributed by atoms with Gasteiger partial charge in [0, 0.05) is 29.8 Å². The van der Waals surface area contributed by atoms with Crippen molar-refractivity contribution in [2.45, 2.75) is 97.4 Å². The lowest BCUT2D eigenvalue weighted by Crippen LogP contribution is -3.00. The number of halogens is 2. The number of anilines is 1. The van der Waals surface area contributed by atoms with Crippen LogP contribution in [0.2, 0.25) is 5.02 Å². The van der Waals surface area contributed by atoms with E-state index < -0.39 is 0 Å². The Balaban J connectivity index is 0.00000533. The molecule has 1 aromatic heterocycles. The van der Waals surface area contributed by atoms with Crippen LogP contribution < -0.4 is 31.6 Å². The third kappa shape index (κ3) is 12.4. The van der Waals surface area contributed by atoms with Gasteiger partial charge in [-0.3, -0.25) is 4.79 Å². The van der Waals surface area contributed by atoms with E-state index in [0.717, 1.165) is 18.5 Å². The van der Waals surface area contributed by atoms with Crippen molar-refractivity contribution in [3.63, 3.8) is 0 Å². The Hall–Kier alpha value is -1.89. The fourth-order valence-corrected chi connectivity index (χ4v) is 5.50. The highest BCUT2D eigenvalue weighted by atomic mass is 79.9. The van der Waals surface area contributed by atoms with Gasteiger partial charge < -0.3 is 27.0 Å². The molecule has 3 rings (SSSR count). The first-order valence-corrected chi connectivity index (χ1v) is 15.6. The van der Waals surface area contributed by atoms with Crippen LogP contribution in [0.3, 0.4) is 0 Å². The van der Waals surface area contributed by atoms with Crippen molar-refractivity contribution >= 4 is 34.5 Å². The van der Waals surface area contributed by atoms with Gasteiger partial charge in [0.1, 0.15) is 5.75 Å². The normalized spacial score (nSPS) is 10.7. The lowest BCUT2D eigenvalue weighted by Gasteiger charge is -2.11. The Kier molecular flexibility index (Phi) is 16.4. The molecule has 0 radical (unpaired) electrons. The maximum absolute atomic E-state index is 12.9. The Morgan fingerprint density at radius 2 is 1.59 bits per heavy atom. The number of benzene rings is 2. The molecule has 4 nitrogen and oxygen atoms in total. The van der Waals surface area contributed by atoms with Crippen LogP contribution in [0.15, 0.2) is 53.4 Å². The lowest BCUT2D eigenvalue weighted by molar-refractivity contribution is -0.689. The van der Waals surface area contributed by atoms with Gasteiger partial charge in [0.2, 0.25) is 5.51 Å². The number of aryl methyl sites for hydroxylation is 1. The number of hydrogen-bond acceptors (Lipinski definition) is 3. The van der Waals surface area contributed by atoms with E-state index in [2.05, 4.69) is 34.6 Å². The van der Waals surface area contributed by atoms with Gasteiger partial charge in [-0.25, -0.2) is 0 Å². The van der Waals surface area contributed by atoms with Crippen LogP contribution in [-0.4, -0.2) is 12.5 Å². The molecule has 0 aliphatic heterocycles. The van der Waals surface area contributed by atoms with Gasteiger partial charge in [0.25, 0.3) is 5.91 Å². The fraction of sp³-hybridized carbons (Fsp3) is 0.500. The van der Waals surface area contributed by atoms with Gasteiger partial charge in [-0.1, -0.05) is 113 Å². The third-order valence-electron chi connectivity index (χ3n) is 6.87. The number of amides is 1. The van der Waals surface area contributed by atoms with Crippen LogP contribution in [0, 0.1) is 6.92 Å². The summed E-state index contributed by atoms with van der Waals surface area (Å²) >= 11 is 8.04. The van der Waals surface area contributed by atoms with E-state index in [1.165, 1.54) is 76.3 Å². The second-order valence-corrected chi connectivity index (χ2v) is 11.3. The van der Waals surface area contributed by atoms with Crippen LogP contribution in [0.4, 0.5) is 5.69 Å². The largest absolute Gasteiger partial charge is 1.00 e. The van der Waals surface area contributed by atoms with Crippen LogP contribution in [0.1, 0.15) is 106 Å². The predicted molar refractivity (Wildman–Crippen MR) is 161 cm³/mol. The molecule has 0 unspecified atom stereocenters. The van der Waals surface area contributed by atoms with Crippen LogP contribution >= 0.6 is 22.9 Å². The van der Waals surface area contributed by atoms with Gasteiger partial charge >= 0.3 is 0 Å². The SMILES string of the molecule is CCCCCCCCCCCCCCOc1cc(NC(=O)c2cccc(C[n+]3cscc3C)c2)ccc1Cl.[Br-]. The van der Waals surface area contributed by atoms with Crippen molar-refractivity contribution in [3.05, 3.63) is 75.2 Å². The number of rotatable bonds is 18. The molecule has 1 amide bonds. The quantitative estimate of drug-likeness (QED) is 0.130. The molecular weight excluding hydrogens is 592 g/mol. The van der Waals surface area contributed by atoms with Gasteiger partial charge in [-0.05, 0) is 30.7 Å². The van der Waals surface area contributed by atoms with Crippen LogP contribution in [-0.2, 0) is 6.54 Å². The zero-order chi connectivity index (χ0) is 27.0. The van der Waals surface area contributed by atoms with E-state index in [9.17, 15) is 4.79 Å². The monoisotopic (exact) mass is 634 g/mol. The standard InChI is InChI=1S/C32H43ClN2O2S.BrH/c1-3-4-5-6-7-8-9-10-11-12-13-14-20-37-31-22-29(18-19-30(31)33)34-32(36)28-17-15-16-27(21-28)23-35-25-38-24-26(35)2;/h15-19,21-22,24-25H,3-14,20,23H2,1-2H3;1H. The zero-order valence-corrected chi connectivity index (χ0v) is 26.7. The third-order valence-corrected chi connectivity index (χ3v) is 8.03. The molecule has 0 saturated heterocycles. The minimum absolute atomic E-state index is 0. The van der Waals surface area contributed by atoms with Crippen molar-refractivity contribution in [1.29, 1.82) is 0 Å². The highest BCUT2D eigenvalue weighted by Crippen LogP contribution is 2.28. The topological polar surface area (TPSA) is 42.2 Å². The molecule has 1 heterocycles. The maximum atomic E-state index is 12.9. The number of nitrogens with one attached hydrogen (secondary N) is 1. The molecule has 7 heteroatoms. The number of hydrogen-bond donors (Lipinski definition) is 1. The summed E-state index contributed by atoms with van der Waals surface area (Å²) in [7, 11) is 0. The number of carbonyl (C=O) groups is 1. The average Bonchev–Trinajstić information content (AvgIpc) is 3.32. The number of aromatic nitrogens is 1. The molecule has 2 aromatic carbocycles. The summed E-state index contributed by atoms with van der Waals surface area (Å²) in [5.41, 5.74) is 5.70. The first-order valence-electron chi connectivity index (χ1n) is 14.3. The summed E-state index contributed by atoms with van der Waals surface area (Å²) in [6.45, 7) is 5.74. The summed E-state index contributed by atoms with van der Waals surface area (Å²) in [5, 5.41) is 5.67. The molecular formula is C32H44BrClN2O2S. The van der Waals surface area contributed by atoms with E-state index in [0.29, 0.717) is 28.6 Å². The Morgan fingerprint density at radius 3 is 2.23 bits per heavy atom. The highest BCUT2D eigenvalue weighted by Gasteiger charge is 2.12. The molecule has 39 heavy (non-hydrogen) atoms. The summed E-state index contributed by atoms with van der Waals surface area (Å²) < 4.78 is 8.14. The Labute approximate surface area is 254 Å². The molecule has 0 fully saturated rings. The second-order valence-electron chi connectivity index (χ2n) is 10.2. The smallest absolute Gasteiger partial charge is 0.255 e. The second kappa shape index (κ2) is 19.2. The van der Waals surface area contributed by atoms with E-state index in [4.69, 9.17) is 16.3 Å². The Bertz CT molecular complexity index is 1120. The van der Waals surface area contributed by atoms with Crippen LogP contribution in [0.5, 0.6) is 5.75 Å². The first kappa shape index (κ1) is 33.3. The number of nitrogens with zero attached hydrogens (tertiary/aromatic N) is 1. The molecule has 214 valence electrons. The van der Waals surface area contributed by atoms with Crippen molar-refractivity contribution in [2.75, 3.05) is 11.9 Å². The lowest BCUT2D eigenvalue weighted by atomic mass is 10.1. The van der Waals surface area contributed by atoms with Gasteiger partial charge in [0.15, 0.2) is 12.2 Å². The number of thiazole rings is 1. The van der Waals surface area contributed by atoms with Crippen molar-refractivity contribution in [2.24, 2.45) is 0 Å². The number of carbonyl (C=O) groups excluding carboxylic acids is 1. The molecule has 0 atom stereocenters. The summed E-state index contributed by atoms with van der Waals surface area (Å²) in [6, 6.07) is 13.2. The molecule has 3 aromatic rings. The summed E-state index contributed by atoms with van der Waals surface area (Å²) in [6.07, 6.45) is 15.8. The van der Waals surface area contributed by atoms with E-state index in [-0.39, 0.29) is 22.9 Å². The van der Waals surface area contributed by atoms with Gasteiger partial charge in [0.05, 0.1) is 17.0 Å². The highest BCUT2D eigenvalue weighted by molar-refractivity contribution is 7.07. The van der Waals surface area contributed by atoms with Crippen molar-refractivity contribution < 1.29 is 31.1 Å². The minimum Gasteiger partial charge on any atom is -1.00 e. The summed E-state index contributed by atoms with van der Waals surface area (Å²) in [5.74, 6) is 0.471. The summed E-state index contributed by atoms with van der Waals surface area (Å²) in [4.78, 5) is 12.9. The minimum atomic E-state index is -0.145. The molecule has 1 N–H and O–H groups in total. The molecule has 0 bridgehead atoms. The molecule has 0 saturated carbocycles. The Morgan fingerprint density at radius 1 is 0.923 bits per heavy atom. The van der Waals surface area contributed by atoms with E-state index in [1.807, 2.05) is 36.4 Å². The predicted octanol–water partition coefficient (Wildman–Crippen LogP) is 6.38. The van der Waals surface area contributed by atoms with Crippen molar-refractivity contribution in [1.82, 2.24) is 0 Å². The van der Waals surface area contributed by atoms with E-state index in [1.54, 1.807) is 17.4 Å². The van der Waals surface area contributed by atoms with Gasteiger partial charge in [-0.2, -0.15) is 4.57 Å². The zero-order valence-electron chi connectivity index (χ0n) is 23.5. The molecule has 0 spiro atoms. The maximum Gasteiger partial charge on any atom is 0.255 e. The number of unbranched alkanes of at least 4 members (excludes halogenated alkanes) is 11.